The van der Waals surface area contributed by atoms with Crippen LogP contribution in [-0.2, 0) is 0 Å². The lowest BCUT2D eigenvalue weighted by atomic mass is 10.1. The number of carboxylic acid groups (broad SMARTS) is 1. The van der Waals surface area contributed by atoms with Crippen molar-refractivity contribution in [1.82, 2.24) is 9.97 Å². The number of rotatable bonds is 3. The third-order valence-corrected chi connectivity index (χ3v) is 2.25. The number of carbonyl (C=O) groups is 1. The van der Waals surface area contributed by atoms with Gasteiger partial charge in [0.05, 0.1) is 29.3 Å². The molecule has 0 unspecified atom stereocenters. The third kappa shape index (κ3) is 2.57. The lowest BCUT2D eigenvalue weighted by Gasteiger charge is -2.09. The summed E-state index contributed by atoms with van der Waals surface area (Å²) in [5, 5.41) is 12.1. The fraction of sp³-hybridized carbons (Fsp3) is 0.0833. The number of aromatic carboxylic acids is 1. The minimum absolute atomic E-state index is 0.222. The number of carboxylic acids is 1. The summed E-state index contributed by atoms with van der Waals surface area (Å²) in [5.41, 5.74) is 2.39. The summed E-state index contributed by atoms with van der Waals surface area (Å²) >= 11 is 0. The lowest BCUT2D eigenvalue weighted by molar-refractivity contribution is 0.0698. The fourth-order valence-corrected chi connectivity index (χ4v) is 1.47. The van der Waals surface area contributed by atoms with E-state index in [0.717, 1.165) is 5.56 Å². The highest BCUT2D eigenvalue weighted by Gasteiger charge is 2.10. The molecule has 0 amide bonds. The smallest absolute Gasteiger partial charge is 0.337 e. The Morgan fingerprint density at radius 3 is 2.65 bits per heavy atom. The first-order valence-corrected chi connectivity index (χ1v) is 5.03. The molecule has 5 heteroatoms. The predicted molar refractivity (Wildman–Crippen MR) is 63.5 cm³/mol. The molecule has 1 aromatic heterocycles. The van der Waals surface area contributed by atoms with Gasteiger partial charge in [-0.15, -0.1) is 0 Å². The second kappa shape index (κ2) is 4.61. The Morgan fingerprint density at radius 1 is 1.29 bits per heavy atom. The molecule has 17 heavy (non-hydrogen) atoms. The van der Waals surface area contributed by atoms with Gasteiger partial charge >= 0.3 is 5.97 Å². The number of benzene rings is 1. The Labute approximate surface area is 98.2 Å². The van der Waals surface area contributed by atoms with E-state index in [1.807, 2.05) is 6.92 Å². The van der Waals surface area contributed by atoms with E-state index in [9.17, 15) is 4.79 Å². The summed E-state index contributed by atoms with van der Waals surface area (Å²) in [4.78, 5) is 18.8. The maximum atomic E-state index is 11.1. The molecule has 0 spiro atoms. The first-order valence-electron chi connectivity index (χ1n) is 5.03. The molecule has 0 radical (unpaired) electrons. The molecule has 1 heterocycles. The molecule has 2 rings (SSSR count). The quantitative estimate of drug-likeness (QED) is 0.844. The van der Waals surface area contributed by atoms with Gasteiger partial charge in [0, 0.05) is 0 Å². The lowest BCUT2D eigenvalue weighted by Crippen LogP contribution is -2.03. The largest absolute Gasteiger partial charge is 0.478 e. The number of aryl methyl sites for hydroxylation is 1. The molecule has 0 aliphatic rings. The molecule has 0 fully saturated rings. The molecular formula is C12H11N3O2. The monoisotopic (exact) mass is 229 g/mol. The van der Waals surface area contributed by atoms with Gasteiger partial charge in [0.1, 0.15) is 6.33 Å². The molecule has 5 nitrogen and oxygen atoms in total. The van der Waals surface area contributed by atoms with E-state index >= 15 is 0 Å². The standard InChI is InChI=1S/C12H11N3O2/c1-8-2-3-10(12(16)17)11(4-8)15-9-5-13-7-14-6-9/h2-7,15H,1H3,(H,16,17). The maximum Gasteiger partial charge on any atom is 0.337 e. The summed E-state index contributed by atoms with van der Waals surface area (Å²) in [5.74, 6) is -0.968. The normalized spacial score (nSPS) is 9.94. The third-order valence-electron chi connectivity index (χ3n) is 2.25. The molecule has 0 aliphatic carbocycles. The van der Waals surface area contributed by atoms with Crippen molar-refractivity contribution in [1.29, 1.82) is 0 Å². The van der Waals surface area contributed by atoms with Crippen molar-refractivity contribution >= 4 is 17.3 Å². The predicted octanol–water partition coefficient (Wildman–Crippen LogP) is 2.23. The van der Waals surface area contributed by atoms with Gasteiger partial charge in [-0.3, -0.25) is 0 Å². The van der Waals surface area contributed by atoms with Crippen LogP contribution in [0.4, 0.5) is 11.4 Å². The Bertz CT molecular complexity index is 541. The van der Waals surface area contributed by atoms with E-state index in [0.29, 0.717) is 11.4 Å². The van der Waals surface area contributed by atoms with E-state index in [-0.39, 0.29) is 5.56 Å². The van der Waals surface area contributed by atoms with Gasteiger partial charge in [0.2, 0.25) is 0 Å². The van der Waals surface area contributed by atoms with Gasteiger partial charge in [-0.05, 0) is 24.6 Å². The molecular weight excluding hydrogens is 218 g/mol. The van der Waals surface area contributed by atoms with E-state index in [1.165, 1.54) is 6.33 Å². The number of aromatic nitrogens is 2. The molecule has 0 bridgehead atoms. The van der Waals surface area contributed by atoms with Crippen LogP contribution in [-0.4, -0.2) is 21.0 Å². The zero-order valence-corrected chi connectivity index (χ0v) is 9.21. The van der Waals surface area contributed by atoms with Crippen molar-refractivity contribution < 1.29 is 9.90 Å². The van der Waals surface area contributed by atoms with Crippen molar-refractivity contribution in [2.75, 3.05) is 5.32 Å². The number of hydrogen-bond donors (Lipinski definition) is 2. The van der Waals surface area contributed by atoms with Gasteiger partial charge in [-0.2, -0.15) is 0 Å². The first-order chi connectivity index (χ1) is 8.16. The van der Waals surface area contributed by atoms with Crippen molar-refractivity contribution in [3.8, 4) is 0 Å². The highest BCUT2D eigenvalue weighted by atomic mass is 16.4. The average molecular weight is 229 g/mol. The second-order valence-corrected chi connectivity index (χ2v) is 3.61. The first kappa shape index (κ1) is 11.1. The van der Waals surface area contributed by atoms with Gasteiger partial charge in [-0.25, -0.2) is 14.8 Å². The molecule has 0 aliphatic heterocycles. The molecule has 2 N–H and O–H groups in total. The minimum atomic E-state index is -0.968. The molecule has 86 valence electrons. The van der Waals surface area contributed by atoms with E-state index in [4.69, 9.17) is 5.11 Å². The van der Waals surface area contributed by atoms with Crippen LogP contribution in [0.5, 0.6) is 0 Å². The fourth-order valence-electron chi connectivity index (χ4n) is 1.47. The van der Waals surface area contributed by atoms with Crippen LogP contribution in [0.25, 0.3) is 0 Å². The Balaban J connectivity index is 2.37. The maximum absolute atomic E-state index is 11.1. The van der Waals surface area contributed by atoms with Crippen LogP contribution >= 0.6 is 0 Å². The van der Waals surface area contributed by atoms with Gasteiger partial charge in [0.25, 0.3) is 0 Å². The number of anilines is 2. The van der Waals surface area contributed by atoms with Crippen molar-refractivity contribution in [2.24, 2.45) is 0 Å². The SMILES string of the molecule is Cc1ccc(C(=O)O)c(Nc2cncnc2)c1. The summed E-state index contributed by atoms with van der Waals surface area (Å²) in [6.07, 6.45) is 4.58. The summed E-state index contributed by atoms with van der Waals surface area (Å²) < 4.78 is 0. The Kier molecular flexibility index (Phi) is 3.00. The summed E-state index contributed by atoms with van der Waals surface area (Å²) in [7, 11) is 0. The van der Waals surface area contributed by atoms with Crippen LogP contribution in [0, 0.1) is 6.92 Å². The van der Waals surface area contributed by atoms with Gasteiger partial charge < -0.3 is 10.4 Å². The van der Waals surface area contributed by atoms with Crippen molar-refractivity contribution in [2.45, 2.75) is 6.92 Å². The van der Waals surface area contributed by atoms with E-state index < -0.39 is 5.97 Å². The summed E-state index contributed by atoms with van der Waals surface area (Å²) in [6.45, 7) is 1.90. The van der Waals surface area contributed by atoms with Crippen LogP contribution in [0.3, 0.4) is 0 Å². The van der Waals surface area contributed by atoms with Crippen LogP contribution in [0.1, 0.15) is 15.9 Å². The highest BCUT2D eigenvalue weighted by molar-refractivity contribution is 5.95. The average Bonchev–Trinajstić information content (AvgIpc) is 2.30. The summed E-state index contributed by atoms with van der Waals surface area (Å²) in [6, 6.07) is 5.11. The highest BCUT2D eigenvalue weighted by Crippen LogP contribution is 2.21. The molecule has 0 saturated carbocycles. The molecule has 0 atom stereocenters. The topological polar surface area (TPSA) is 75.1 Å². The molecule has 1 aromatic carbocycles. The Morgan fingerprint density at radius 2 is 2.00 bits per heavy atom. The van der Waals surface area contributed by atoms with Crippen LogP contribution in [0.15, 0.2) is 36.9 Å². The Hall–Kier alpha value is -2.43. The van der Waals surface area contributed by atoms with Crippen molar-refractivity contribution in [3.05, 3.63) is 48.0 Å². The van der Waals surface area contributed by atoms with Gasteiger partial charge in [-0.1, -0.05) is 6.07 Å². The number of hydrogen-bond acceptors (Lipinski definition) is 4. The zero-order valence-electron chi connectivity index (χ0n) is 9.21. The number of nitrogens with one attached hydrogen (secondary N) is 1. The van der Waals surface area contributed by atoms with Gasteiger partial charge in [0.15, 0.2) is 0 Å². The zero-order chi connectivity index (χ0) is 12.3. The molecule has 2 aromatic rings. The van der Waals surface area contributed by atoms with E-state index in [1.54, 1.807) is 30.6 Å². The minimum Gasteiger partial charge on any atom is -0.478 e. The van der Waals surface area contributed by atoms with Crippen LogP contribution < -0.4 is 5.32 Å². The second-order valence-electron chi connectivity index (χ2n) is 3.61. The number of nitrogens with zero attached hydrogens (tertiary/aromatic N) is 2. The van der Waals surface area contributed by atoms with Crippen molar-refractivity contribution in [3.63, 3.8) is 0 Å². The van der Waals surface area contributed by atoms with E-state index in [2.05, 4.69) is 15.3 Å². The molecule has 0 saturated heterocycles. The van der Waals surface area contributed by atoms with Crippen LogP contribution in [0.2, 0.25) is 0 Å².